The predicted molar refractivity (Wildman–Crippen MR) is 114 cm³/mol. The van der Waals surface area contributed by atoms with Crippen molar-refractivity contribution in [3.8, 4) is 0 Å². The van der Waals surface area contributed by atoms with Crippen molar-refractivity contribution in [3.63, 3.8) is 0 Å². The van der Waals surface area contributed by atoms with E-state index in [0.717, 1.165) is 68.7 Å². The summed E-state index contributed by atoms with van der Waals surface area (Å²) in [6, 6.07) is 4.80. The van der Waals surface area contributed by atoms with E-state index < -0.39 is 0 Å². The molecule has 4 N–H and O–H groups in total. The Morgan fingerprint density at radius 1 is 1.35 bits per heavy atom. The molecule has 0 saturated carbocycles. The molecule has 0 spiro atoms. The van der Waals surface area contributed by atoms with Crippen LogP contribution in [-0.4, -0.2) is 61.8 Å². The fourth-order valence-electron chi connectivity index (χ4n) is 3.07. The van der Waals surface area contributed by atoms with Gasteiger partial charge in [-0.2, -0.15) is 0 Å². The highest BCUT2D eigenvalue weighted by Gasteiger charge is 2.09. The number of aliphatic imine (C=N–C) groups is 1. The van der Waals surface area contributed by atoms with E-state index >= 15 is 0 Å². The van der Waals surface area contributed by atoms with E-state index in [4.69, 9.17) is 10.5 Å². The van der Waals surface area contributed by atoms with Gasteiger partial charge in [0.25, 0.3) is 0 Å². The molecule has 1 fully saturated rings. The molecule has 3 rings (SSSR count). The summed E-state index contributed by atoms with van der Waals surface area (Å²) in [5, 5.41) is 4.19. The molecule has 1 saturated heterocycles. The molecule has 0 amide bonds. The zero-order valence-corrected chi connectivity index (χ0v) is 17.2. The first kappa shape index (κ1) is 20.9. The number of fused-ring (bicyclic) bond motifs is 1. The van der Waals surface area contributed by atoms with Crippen LogP contribution < -0.4 is 11.1 Å². The minimum atomic E-state index is -0.229. The second-order valence-corrected chi connectivity index (χ2v) is 6.26. The van der Waals surface area contributed by atoms with Gasteiger partial charge >= 0.3 is 0 Å². The Bertz CT molecular complexity index is 715. The van der Waals surface area contributed by atoms with Crippen LogP contribution in [0.25, 0.3) is 10.9 Å². The monoisotopic (exact) mass is 475 g/mol. The third kappa shape index (κ3) is 6.10. The Kier molecular flexibility index (Phi) is 8.60. The molecule has 2 heterocycles. The molecule has 1 aromatic heterocycles. The SMILES string of the molecule is I.NC(=NCCCN1CCOCC1)NCCc1c[nH]c2cc(F)ccc12. The molecule has 1 aliphatic rings. The van der Waals surface area contributed by atoms with E-state index in [2.05, 4.69) is 20.2 Å². The molecular weight excluding hydrogens is 448 g/mol. The summed E-state index contributed by atoms with van der Waals surface area (Å²) in [6.45, 7) is 6.12. The largest absolute Gasteiger partial charge is 0.379 e. The summed E-state index contributed by atoms with van der Waals surface area (Å²) >= 11 is 0. The Labute approximate surface area is 170 Å². The van der Waals surface area contributed by atoms with Gasteiger partial charge in [-0.1, -0.05) is 0 Å². The number of H-pyrrole nitrogens is 1. The molecule has 26 heavy (non-hydrogen) atoms. The van der Waals surface area contributed by atoms with Crippen molar-refractivity contribution >= 4 is 40.8 Å². The fourth-order valence-corrected chi connectivity index (χ4v) is 3.07. The van der Waals surface area contributed by atoms with Crippen LogP contribution in [0, 0.1) is 5.82 Å². The van der Waals surface area contributed by atoms with Gasteiger partial charge in [-0.3, -0.25) is 9.89 Å². The number of hydrogen-bond donors (Lipinski definition) is 3. The number of nitrogens with one attached hydrogen (secondary N) is 2. The lowest BCUT2D eigenvalue weighted by Crippen LogP contribution is -2.37. The van der Waals surface area contributed by atoms with Crippen molar-refractivity contribution in [1.29, 1.82) is 0 Å². The summed E-state index contributed by atoms with van der Waals surface area (Å²) < 4.78 is 18.5. The van der Waals surface area contributed by atoms with Gasteiger partial charge in [0, 0.05) is 49.8 Å². The van der Waals surface area contributed by atoms with Crippen LogP contribution in [0.5, 0.6) is 0 Å². The first-order valence-electron chi connectivity index (χ1n) is 8.82. The molecule has 0 atom stereocenters. The van der Waals surface area contributed by atoms with Gasteiger partial charge in [-0.25, -0.2) is 4.39 Å². The fraction of sp³-hybridized carbons (Fsp3) is 0.500. The predicted octanol–water partition coefficient (Wildman–Crippen LogP) is 2.09. The normalized spacial score (nSPS) is 15.8. The zero-order valence-electron chi connectivity index (χ0n) is 14.8. The maximum absolute atomic E-state index is 13.2. The maximum Gasteiger partial charge on any atom is 0.188 e. The summed E-state index contributed by atoms with van der Waals surface area (Å²) in [4.78, 5) is 9.86. The highest BCUT2D eigenvalue weighted by atomic mass is 127. The standard InChI is InChI=1S/C18H26FN5O.HI/c19-15-2-3-16-14(13-23-17(16)12-15)4-6-22-18(20)21-5-1-7-24-8-10-25-11-9-24;/h2-3,12-13,23H,1,4-11H2,(H3,20,21,22);1H. The molecule has 0 aliphatic carbocycles. The Hall–Kier alpha value is -1.39. The van der Waals surface area contributed by atoms with Crippen LogP contribution in [0.1, 0.15) is 12.0 Å². The van der Waals surface area contributed by atoms with Gasteiger partial charge in [-0.15, -0.1) is 24.0 Å². The van der Waals surface area contributed by atoms with Crippen LogP contribution >= 0.6 is 24.0 Å². The third-order valence-electron chi connectivity index (χ3n) is 4.45. The van der Waals surface area contributed by atoms with Gasteiger partial charge in [0.1, 0.15) is 5.82 Å². The van der Waals surface area contributed by atoms with Gasteiger partial charge in [0.2, 0.25) is 0 Å². The number of ether oxygens (including phenoxy) is 1. The lowest BCUT2D eigenvalue weighted by atomic mass is 10.1. The quantitative estimate of drug-likeness (QED) is 0.248. The molecule has 1 aliphatic heterocycles. The Morgan fingerprint density at radius 3 is 2.96 bits per heavy atom. The molecular formula is C18H27FIN5O. The lowest BCUT2D eigenvalue weighted by molar-refractivity contribution is 0.0377. The maximum atomic E-state index is 13.2. The van der Waals surface area contributed by atoms with Crippen molar-refractivity contribution < 1.29 is 9.13 Å². The first-order chi connectivity index (χ1) is 12.2. The molecule has 0 bridgehead atoms. The number of nitrogens with two attached hydrogens (primary N) is 1. The van der Waals surface area contributed by atoms with Crippen LogP contribution in [0.3, 0.4) is 0 Å². The van der Waals surface area contributed by atoms with Crippen LogP contribution in [0.2, 0.25) is 0 Å². The molecule has 8 heteroatoms. The van der Waals surface area contributed by atoms with Crippen molar-refractivity contribution in [2.24, 2.45) is 10.7 Å². The number of halogens is 2. The molecule has 0 radical (unpaired) electrons. The molecule has 6 nitrogen and oxygen atoms in total. The minimum absolute atomic E-state index is 0. The second-order valence-electron chi connectivity index (χ2n) is 6.26. The Balaban J connectivity index is 0.00000243. The average molecular weight is 475 g/mol. The Morgan fingerprint density at radius 2 is 2.15 bits per heavy atom. The van der Waals surface area contributed by atoms with Crippen LogP contribution in [-0.2, 0) is 11.2 Å². The number of hydrogen-bond acceptors (Lipinski definition) is 3. The molecule has 0 unspecified atom stereocenters. The number of morpholine rings is 1. The smallest absolute Gasteiger partial charge is 0.188 e. The first-order valence-corrected chi connectivity index (χ1v) is 8.82. The van der Waals surface area contributed by atoms with Gasteiger partial charge in [-0.05, 0) is 36.6 Å². The van der Waals surface area contributed by atoms with Crippen molar-refractivity contribution in [2.75, 3.05) is 45.9 Å². The highest BCUT2D eigenvalue weighted by molar-refractivity contribution is 14.0. The van der Waals surface area contributed by atoms with Crippen molar-refractivity contribution in [2.45, 2.75) is 12.8 Å². The number of rotatable bonds is 7. The number of nitrogens with zero attached hydrogens (tertiary/aromatic N) is 2. The average Bonchev–Trinajstić information content (AvgIpc) is 3.02. The van der Waals surface area contributed by atoms with E-state index in [0.29, 0.717) is 12.5 Å². The molecule has 2 aromatic rings. The van der Waals surface area contributed by atoms with Crippen molar-refractivity contribution in [3.05, 3.63) is 35.8 Å². The topological polar surface area (TPSA) is 78.7 Å². The van der Waals surface area contributed by atoms with Crippen LogP contribution in [0.15, 0.2) is 29.4 Å². The third-order valence-corrected chi connectivity index (χ3v) is 4.45. The van der Waals surface area contributed by atoms with Gasteiger partial charge in [0.05, 0.1) is 13.2 Å². The summed E-state index contributed by atoms with van der Waals surface area (Å²) in [7, 11) is 0. The van der Waals surface area contributed by atoms with Crippen LogP contribution in [0.4, 0.5) is 4.39 Å². The molecule has 1 aromatic carbocycles. The number of aromatic amines is 1. The lowest BCUT2D eigenvalue weighted by Gasteiger charge is -2.26. The van der Waals surface area contributed by atoms with E-state index in [1.807, 2.05) is 6.20 Å². The van der Waals surface area contributed by atoms with E-state index in [1.165, 1.54) is 12.1 Å². The highest BCUT2D eigenvalue weighted by Crippen LogP contribution is 2.19. The molecule has 144 valence electrons. The summed E-state index contributed by atoms with van der Waals surface area (Å²) in [6.07, 6.45) is 3.72. The zero-order chi connectivity index (χ0) is 17.5. The van der Waals surface area contributed by atoms with E-state index in [-0.39, 0.29) is 29.8 Å². The summed E-state index contributed by atoms with van der Waals surface area (Å²) in [5.41, 5.74) is 7.87. The van der Waals surface area contributed by atoms with Gasteiger partial charge < -0.3 is 20.8 Å². The van der Waals surface area contributed by atoms with Crippen molar-refractivity contribution in [1.82, 2.24) is 15.2 Å². The number of guanidine groups is 1. The van der Waals surface area contributed by atoms with E-state index in [9.17, 15) is 4.39 Å². The number of benzene rings is 1. The van der Waals surface area contributed by atoms with Gasteiger partial charge in [0.15, 0.2) is 5.96 Å². The minimum Gasteiger partial charge on any atom is -0.379 e. The number of aromatic nitrogens is 1. The second kappa shape index (κ2) is 10.7. The summed E-state index contributed by atoms with van der Waals surface area (Å²) in [5.74, 6) is 0.250. The van der Waals surface area contributed by atoms with E-state index in [1.54, 1.807) is 6.07 Å².